The molecule has 0 spiro atoms. The van der Waals surface area contributed by atoms with E-state index in [0.717, 1.165) is 16.9 Å². The van der Waals surface area contributed by atoms with Gasteiger partial charge in [-0.25, -0.2) is 0 Å². The molecule has 2 aromatic rings. The highest BCUT2D eigenvalue weighted by Gasteiger charge is 2.12. The number of aromatic nitrogens is 1. The van der Waals surface area contributed by atoms with Crippen LogP contribution in [0.1, 0.15) is 0 Å². The van der Waals surface area contributed by atoms with Gasteiger partial charge in [-0.3, -0.25) is 4.79 Å². The maximum Gasteiger partial charge on any atom is 0.249 e. The van der Waals surface area contributed by atoms with Gasteiger partial charge in [0.1, 0.15) is 18.4 Å². The fourth-order valence-corrected chi connectivity index (χ4v) is 2.11. The molecule has 0 saturated heterocycles. The molecule has 0 saturated carbocycles. The molecule has 4 nitrogen and oxygen atoms in total. The van der Waals surface area contributed by atoms with Gasteiger partial charge < -0.3 is 14.5 Å². The second kappa shape index (κ2) is 4.38. The van der Waals surface area contributed by atoms with Crippen LogP contribution >= 0.6 is 11.6 Å². The molecule has 1 aromatic heterocycles. The van der Waals surface area contributed by atoms with Crippen LogP contribution < -0.4 is 15.0 Å². The Balaban J connectivity index is 2.08. The highest BCUT2D eigenvalue weighted by molar-refractivity contribution is 6.29. The summed E-state index contributed by atoms with van der Waals surface area (Å²) in [5.41, 5.74) is 1.39. The van der Waals surface area contributed by atoms with Crippen LogP contribution in [0.3, 0.4) is 0 Å². The first-order chi connectivity index (χ1) is 8.72. The van der Waals surface area contributed by atoms with Crippen LogP contribution in [0.2, 0.25) is 5.15 Å². The number of rotatable bonds is 1. The number of pyridine rings is 1. The Morgan fingerprint density at radius 2 is 1.78 bits per heavy atom. The summed E-state index contributed by atoms with van der Waals surface area (Å²) in [7, 11) is 0. The minimum atomic E-state index is -0.229. The van der Waals surface area contributed by atoms with Crippen LogP contribution in [-0.4, -0.2) is 18.2 Å². The molecular formula is C13H10ClNO3. The first-order valence-corrected chi connectivity index (χ1v) is 5.90. The quantitative estimate of drug-likeness (QED) is 0.804. The normalized spacial score (nSPS) is 13.4. The zero-order valence-electron chi connectivity index (χ0n) is 9.40. The lowest BCUT2D eigenvalue weighted by Crippen LogP contribution is -2.15. The predicted octanol–water partition coefficient (Wildman–Crippen LogP) is 2.47. The summed E-state index contributed by atoms with van der Waals surface area (Å²) in [6.45, 7) is 1.09. The predicted molar refractivity (Wildman–Crippen MR) is 68.5 cm³/mol. The minimum absolute atomic E-state index is 0.229. The van der Waals surface area contributed by atoms with Gasteiger partial charge in [0.15, 0.2) is 11.5 Å². The maximum atomic E-state index is 11.4. The van der Waals surface area contributed by atoms with Gasteiger partial charge in [-0.2, -0.15) is 0 Å². The zero-order valence-corrected chi connectivity index (χ0v) is 10.2. The molecule has 1 aromatic carbocycles. The van der Waals surface area contributed by atoms with E-state index >= 15 is 0 Å². The number of H-pyrrole nitrogens is 1. The minimum Gasteiger partial charge on any atom is -0.486 e. The number of aromatic amines is 1. The van der Waals surface area contributed by atoms with E-state index in [1.165, 1.54) is 6.07 Å². The van der Waals surface area contributed by atoms with E-state index in [4.69, 9.17) is 21.1 Å². The largest absolute Gasteiger partial charge is 0.486 e. The Morgan fingerprint density at radius 1 is 1.00 bits per heavy atom. The summed E-state index contributed by atoms with van der Waals surface area (Å²) in [4.78, 5) is 13.9. The van der Waals surface area contributed by atoms with Crippen molar-refractivity contribution < 1.29 is 9.47 Å². The molecule has 5 heteroatoms. The van der Waals surface area contributed by atoms with Crippen molar-refractivity contribution in [2.45, 2.75) is 0 Å². The van der Waals surface area contributed by atoms with Gasteiger partial charge in [-0.1, -0.05) is 17.7 Å². The van der Waals surface area contributed by atoms with Gasteiger partial charge in [0, 0.05) is 6.07 Å². The SMILES string of the molecule is O=c1cc(-c2ccc3c(c2)OCCO3)cc(Cl)[nH]1. The first kappa shape index (κ1) is 11.2. The molecule has 0 atom stereocenters. The third kappa shape index (κ3) is 2.07. The van der Waals surface area contributed by atoms with Crippen LogP contribution in [0.4, 0.5) is 0 Å². The Hall–Kier alpha value is -1.94. The average Bonchev–Trinajstić information content (AvgIpc) is 2.37. The van der Waals surface area contributed by atoms with Gasteiger partial charge >= 0.3 is 0 Å². The van der Waals surface area contributed by atoms with Crippen molar-refractivity contribution in [3.05, 3.63) is 45.8 Å². The molecule has 0 radical (unpaired) electrons. The Labute approximate surface area is 108 Å². The molecule has 3 rings (SSSR count). The number of ether oxygens (including phenoxy) is 2. The smallest absolute Gasteiger partial charge is 0.249 e. The van der Waals surface area contributed by atoms with Crippen molar-refractivity contribution in [3.8, 4) is 22.6 Å². The highest BCUT2D eigenvalue weighted by atomic mass is 35.5. The fraction of sp³-hybridized carbons (Fsp3) is 0.154. The van der Waals surface area contributed by atoms with E-state index in [0.29, 0.717) is 24.1 Å². The number of benzene rings is 1. The fourth-order valence-electron chi connectivity index (χ4n) is 1.90. The summed E-state index contributed by atoms with van der Waals surface area (Å²) < 4.78 is 10.9. The van der Waals surface area contributed by atoms with Crippen LogP contribution in [-0.2, 0) is 0 Å². The molecule has 1 N–H and O–H groups in total. The molecule has 1 aliphatic rings. The summed E-state index contributed by atoms with van der Waals surface area (Å²) in [5, 5.41) is 0.312. The zero-order chi connectivity index (χ0) is 12.5. The lowest BCUT2D eigenvalue weighted by atomic mass is 10.1. The molecule has 0 bridgehead atoms. The second-order valence-corrected chi connectivity index (χ2v) is 4.35. The van der Waals surface area contributed by atoms with Crippen LogP contribution in [0.15, 0.2) is 35.1 Å². The van der Waals surface area contributed by atoms with Crippen LogP contribution in [0, 0.1) is 0 Å². The monoisotopic (exact) mass is 263 g/mol. The molecule has 92 valence electrons. The third-order valence-electron chi connectivity index (χ3n) is 2.69. The second-order valence-electron chi connectivity index (χ2n) is 3.94. The number of nitrogens with one attached hydrogen (secondary N) is 1. The van der Waals surface area contributed by atoms with Crippen molar-refractivity contribution in [2.24, 2.45) is 0 Å². The van der Waals surface area contributed by atoms with Gasteiger partial charge in [0.05, 0.1) is 0 Å². The number of halogens is 1. The van der Waals surface area contributed by atoms with E-state index < -0.39 is 0 Å². The van der Waals surface area contributed by atoms with E-state index in [-0.39, 0.29) is 5.56 Å². The highest BCUT2D eigenvalue weighted by Crippen LogP contribution is 2.34. The molecule has 0 unspecified atom stereocenters. The standard InChI is InChI=1S/C13H10ClNO3/c14-12-6-9(7-13(16)15-12)8-1-2-10-11(5-8)18-4-3-17-10/h1-2,5-7H,3-4H2,(H,15,16). The maximum absolute atomic E-state index is 11.4. The molecule has 2 heterocycles. The van der Waals surface area contributed by atoms with Crippen LogP contribution in [0.5, 0.6) is 11.5 Å². The lowest BCUT2D eigenvalue weighted by molar-refractivity contribution is 0.171. The summed E-state index contributed by atoms with van der Waals surface area (Å²) in [5.74, 6) is 1.41. The number of fused-ring (bicyclic) bond motifs is 1. The van der Waals surface area contributed by atoms with Gasteiger partial charge in [-0.05, 0) is 29.3 Å². The van der Waals surface area contributed by atoms with Gasteiger partial charge in [-0.15, -0.1) is 0 Å². The van der Waals surface area contributed by atoms with Crippen molar-refractivity contribution in [1.82, 2.24) is 4.98 Å². The molecule has 18 heavy (non-hydrogen) atoms. The Bertz CT molecular complexity index is 651. The summed E-state index contributed by atoms with van der Waals surface area (Å²) >= 11 is 5.83. The van der Waals surface area contributed by atoms with Crippen molar-refractivity contribution in [1.29, 1.82) is 0 Å². The van der Waals surface area contributed by atoms with Crippen molar-refractivity contribution in [2.75, 3.05) is 13.2 Å². The van der Waals surface area contributed by atoms with E-state index in [2.05, 4.69) is 4.98 Å². The summed E-state index contributed by atoms with van der Waals surface area (Å²) in [6, 6.07) is 8.75. The molecule has 0 fully saturated rings. The third-order valence-corrected chi connectivity index (χ3v) is 2.89. The number of hydrogen-bond acceptors (Lipinski definition) is 3. The van der Waals surface area contributed by atoms with Crippen molar-refractivity contribution >= 4 is 11.6 Å². The van der Waals surface area contributed by atoms with E-state index in [9.17, 15) is 4.79 Å². The lowest BCUT2D eigenvalue weighted by Gasteiger charge is -2.18. The Kier molecular flexibility index (Phi) is 2.72. The van der Waals surface area contributed by atoms with E-state index in [1.807, 2.05) is 18.2 Å². The molecular weight excluding hydrogens is 254 g/mol. The van der Waals surface area contributed by atoms with Crippen LogP contribution in [0.25, 0.3) is 11.1 Å². The Morgan fingerprint density at radius 3 is 2.56 bits per heavy atom. The molecule has 0 amide bonds. The van der Waals surface area contributed by atoms with E-state index in [1.54, 1.807) is 6.07 Å². The summed E-state index contributed by atoms with van der Waals surface area (Å²) in [6.07, 6.45) is 0. The first-order valence-electron chi connectivity index (χ1n) is 5.52. The topological polar surface area (TPSA) is 51.3 Å². The number of hydrogen-bond donors (Lipinski definition) is 1. The molecule has 0 aliphatic carbocycles. The average molecular weight is 264 g/mol. The van der Waals surface area contributed by atoms with Gasteiger partial charge in [0.2, 0.25) is 5.56 Å². The van der Waals surface area contributed by atoms with Gasteiger partial charge in [0.25, 0.3) is 0 Å². The van der Waals surface area contributed by atoms with Crippen molar-refractivity contribution in [3.63, 3.8) is 0 Å². The molecule has 1 aliphatic heterocycles.